The molecule has 3 rings (SSSR count). The second-order valence-corrected chi connectivity index (χ2v) is 7.35. The SMILES string of the molecule is O=S(=O)(C=Cc1ccccc1)NCc1ccc(N2CCOCC2)nc1. The Morgan fingerprint density at radius 1 is 1.12 bits per heavy atom. The average Bonchev–Trinajstić information content (AvgIpc) is 2.67. The van der Waals surface area contributed by atoms with E-state index < -0.39 is 10.0 Å². The van der Waals surface area contributed by atoms with Crippen molar-refractivity contribution < 1.29 is 13.2 Å². The van der Waals surface area contributed by atoms with Crippen molar-refractivity contribution in [1.82, 2.24) is 9.71 Å². The summed E-state index contributed by atoms with van der Waals surface area (Å²) in [5, 5.41) is 1.18. The van der Waals surface area contributed by atoms with Crippen molar-refractivity contribution in [2.24, 2.45) is 0 Å². The lowest BCUT2D eigenvalue weighted by molar-refractivity contribution is 0.122. The van der Waals surface area contributed by atoms with Gasteiger partial charge in [0.15, 0.2) is 0 Å². The topological polar surface area (TPSA) is 71.5 Å². The molecule has 132 valence electrons. The minimum atomic E-state index is -3.49. The average molecular weight is 359 g/mol. The molecule has 2 heterocycles. The monoisotopic (exact) mass is 359 g/mol. The Hall–Kier alpha value is -2.22. The molecule has 1 saturated heterocycles. The van der Waals surface area contributed by atoms with E-state index in [0.29, 0.717) is 13.2 Å². The van der Waals surface area contributed by atoms with E-state index in [2.05, 4.69) is 14.6 Å². The molecule has 1 aliphatic heterocycles. The van der Waals surface area contributed by atoms with E-state index in [1.54, 1.807) is 12.3 Å². The minimum Gasteiger partial charge on any atom is -0.378 e. The smallest absolute Gasteiger partial charge is 0.234 e. The van der Waals surface area contributed by atoms with Gasteiger partial charge in [-0.2, -0.15) is 0 Å². The van der Waals surface area contributed by atoms with Crippen LogP contribution in [-0.4, -0.2) is 39.7 Å². The van der Waals surface area contributed by atoms with Crippen molar-refractivity contribution in [2.75, 3.05) is 31.2 Å². The molecule has 0 radical (unpaired) electrons. The fourth-order valence-corrected chi connectivity index (χ4v) is 3.27. The van der Waals surface area contributed by atoms with Gasteiger partial charge in [0.05, 0.1) is 13.2 Å². The molecule has 0 bridgehead atoms. The van der Waals surface area contributed by atoms with Gasteiger partial charge in [-0.15, -0.1) is 0 Å². The molecular weight excluding hydrogens is 338 g/mol. The number of benzene rings is 1. The van der Waals surface area contributed by atoms with Gasteiger partial charge in [0, 0.05) is 31.2 Å². The summed E-state index contributed by atoms with van der Waals surface area (Å²) in [5.41, 5.74) is 1.65. The van der Waals surface area contributed by atoms with Crippen molar-refractivity contribution in [1.29, 1.82) is 0 Å². The first kappa shape index (κ1) is 17.6. The molecule has 25 heavy (non-hydrogen) atoms. The van der Waals surface area contributed by atoms with Crippen molar-refractivity contribution >= 4 is 21.9 Å². The lowest BCUT2D eigenvalue weighted by atomic mass is 10.2. The highest BCUT2D eigenvalue weighted by molar-refractivity contribution is 7.92. The summed E-state index contributed by atoms with van der Waals surface area (Å²) in [7, 11) is -3.49. The van der Waals surface area contributed by atoms with E-state index in [-0.39, 0.29) is 6.54 Å². The fourth-order valence-electron chi connectivity index (χ4n) is 2.47. The summed E-state index contributed by atoms with van der Waals surface area (Å²) >= 11 is 0. The zero-order chi connectivity index (χ0) is 17.5. The maximum Gasteiger partial charge on any atom is 0.234 e. The first-order valence-corrected chi connectivity index (χ1v) is 9.67. The number of hydrogen-bond acceptors (Lipinski definition) is 5. The summed E-state index contributed by atoms with van der Waals surface area (Å²) in [6, 6.07) is 13.1. The van der Waals surface area contributed by atoms with Crippen LogP contribution in [0, 0.1) is 0 Å². The van der Waals surface area contributed by atoms with Gasteiger partial charge >= 0.3 is 0 Å². The normalized spacial score (nSPS) is 15.6. The third kappa shape index (κ3) is 5.38. The number of anilines is 1. The summed E-state index contributed by atoms with van der Waals surface area (Å²) in [6.45, 7) is 3.26. The highest BCUT2D eigenvalue weighted by atomic mass is 32.2. The van der Waals surface area contributed by atoms with E-state index in [4.69, 9.17) is 4.74 Å². The van der Waals surface area contributed by atoms with Gasteiger partial charge in [0.25, 0.3) is 0 Å². The van der Waals surface area contributed by atoms with Crippen molar-refractivity contribution in [3.63, 3.8) is 0 Å². The molecule has 0 saturated carbocycles. The summed E-state index contributed by atoms with van der Waals surface area (Å²) < 4.78 is 32.0. The van der Waals surface area contributed by atoms with E-state index in [0.717, 1.165) is 30.0 Å². The van der Waals surface area contributed by atoms with Gasteiger partial charge in [-0.3, -0.25) is 0 Å². The molecule has 1 N–H and O–H groups in total. The second kappa shape index (κ2) is 8.24. The number of pyridine rings is 1. The molecule has 0 aliphatic carbocycles. The van der Waals surface area contributed by atoms with Crippen LogP contribution in [0.1, 0.15) is 11.1 Å². The Morgan fingerprint density at radius 2 is 1.88 bits per heavy atom. The van der Waals surface area contributed by atoms with Crippen molar-refractivity contribution in [3.8, 4) is 0 Å². The number of rotatable bonds is 6. The number of sulfonamides is 1. The van der Waals surface area contributed by atoms with Crippen molar-refractivity contribution in [2.45, 2.75) is 6.54 Å². The zero-order valence-electron chi connectivity index (χ0n) is 13.8. The molecule has 0 amide bonds. The van der Waals surface area contributed by atoms with Crippen molar-refractivity contribution in [3.05, 3.63) is 65.2 Å². The fraction of sp³-hybridized carbons (Fsp3) is 0.278. The Morgan fingerprint density at radius 3 is 2.56 bits per heavy atom. The molecule has 0 unspecified atom stereocenters. The van der Waals surface area contributed by atoms with Gasteiger partial charge in [-0.05, 0) is 23.3 Å². The summed E-state index contributed by atoms with van der Waals surface area (Å²) in [4.78, 5) is 6.57. The molecule has 1 aromatic heterocycles. The zero-order valence-corrected chi connectivity index (χ0v) is 14.7. The number of aromatic nitrogens is 1. The molecule has 0 atom stereocenters. The predicted octanol–water partition coefficient (Wildman–Crippen LogP) is 2.01. The van der Waals surface area contributed by atoms with Crippen LogP contribution in [0.2, 0.25) is 0 Å². The highest BCUT2D eigenvalue weighted by Gasteiger charge is 2.12. The molecule has 1 aromatic carbocycles. The maximum absolute atomic E-state index is 12.1. The third-order valence-electron chi connectivity index (χ3n) is 3.86. The predicted molar refractivity (Wildman–Crippen MR) is 98.5 cm³/mol. The van der Waals surface area contributed by atoms with Crippen LogP contribution < -0.4 is 9.62 Å². The number of ether oxygens (including phenoxy) is 1. The summed E-state index contributed by atoms with van der Waals surface area (Å²) in [5.74, 6) is 0.888. The lowest BCUT2D eigenvalue weighted by Gasteiger charge is -2.27. The van der Waals surface area contributed by atoms with Crippen LogP contribution in [0.5, 0.6) is 0 Å². The molecule has 1 fully saturated rings. The second-order valence-electron chi connectivity index (χ2n) is 5.70. The lowest BCUT2D eigenvalue weighted by Crippen LogP contribution is -2.36. The third-order valence-corrected chi connectivity index (χ3v) is 4.90. The van der Waals surface area contributed by atoms with Gasteiger partial charge in [-0.25, -0.2) is 18.1 Å². The van der Waals surface area contributed by atoms with Gasteiger partial charge in [0.2, 0.25) is 10.0 Å². The molecule has 7 heteroatoms. The number of nitrogens with one attached hydrogen (secondary N) is 1. The number of hydrogen-bond donors (Lipinski definition) is 1. The Balaban J connectivity index is 1.56. The Labute approximate surface area is 148 Å². The molecule has 6 nitrogen and oxygen atoms in total. The molecule has 2 aromatic rings. The maximum atomic E-state index is 12.1. The number of nitrogens with zero attached hydrogens (tertiary/aromatic N) is 2. The summed E-state index contributed by atoms with van der Waals surface area (Å²) in [6.07, 6.45) is 3.27. The molecule has 0 spiro atoms. The van der Waals surface area contributed by atoms with Crippen LogP contribution >= 0.6 is 0 Å². The molecular formula is C18H21N3O3S. The van der Waals surface area contributed by atoms with Gasteiger partial charge < -0.3 is 9.64 Å². The van der Waals surface area contributed by atoms with E-state index in [1.165, 1.54) is 5.41 Å². The van der Waals surface area contributed by atoms with Gasteiger partial charge in [0.1, 0.15) is 5.82 Å². The van der Waals surface area contributed by atoms with Crippen LogP contribution in [-0.2, 0) is 21.3 Å². The van der Waals surface area contributed by atoms with E-state index >= 15 is 0 Å². The first-order chi connectivity index (χ1) is 12.1. The minimum absolute atomic E-state index is 0.206. The van der Waals surface area contributed by atoms with E-state index in [9.17, 15) is 8.42 Å². The first-order valence-electron chi connectivity index (χ1n) is 8.13. The van der Waals surface area contributed by atoms with Crippen LogP contribution in [0.4, 0.5) is 5.82 Å². The van der Waals surface area contributed by atoms with Crippen LogP contribution in [0.3, 0.4) is 0 Å². The Bertz CT molecular complexity index is 799. The molecule has 1 aliphatic rings. The quantitative estimate of drug-likeness (QED) is 0.854. The standard InChI is InChI=1S/C18H21N3O3S/c22-25(23,13-8-16-4-2-1-3-5-16)20-15-17-6-7-18(19-14-17)21-9-11-24-12-10-21/h1-8,13-14,20H,9-12,15H2. The highest BCUT2D eigenvalue weighted by Crippen LogP contribution is 2.13. The van der Waals surface area contributed by atoms with Crippen LogP contribution in [0.25, 0.3) is 6.08 Å². The Kier molecular flexibility index (Phi) is 5.80. The van der Waals surface area contributed by atoms with Crippen LogP contribution in [0.15, 0.2) is 54.1 Å². The largest absolute Gasteiger partial charge is 0.378 e. The van der Waals surface area contributed by atoms with Gasteiger partial charge in [-0.1, -0.05) is 36.4 Å². The number of morpholine rings is 1. The van der Waals surface area contributed by atoms with E-state index in [1.807, 2.05) is 42.5 Å².